The number of piperidine rings is 1. The van der Waals surface area contributed by atoms with E-state index in [9.17, 15) is 10.1 Å². The van der Waals surface area contributed by atoms with Gasteiger partial charge in [-0.1, -0.05) is 12.1 Å². The summed E-state index contributed by atoms with van der Waals surface area (Å²) in [5.41, 5.74) is 1.80. The highest BCUT2D eigenvalue weighted by Crippen LogP contribution is 2.29. The highest BCUT2D eigenvalue weighted by Gasteiger charge is 2.20. The van der Waals surface area contributed by atoms with E-state index in [4.69, 9.17) is 9.72 Å². The van der Waals surface area contributed by atoms with Crippen LogP contribution in [0.15, 0.2) is 54.6 Å². The first-order valence-corrected chi connectivity index (χ1v) is 9.64. The number of aromatic nitrogens is 1. The predicted molar refractivity (Wildman–Crippen MR) is 110 cm³/mol. The number of para-hydroxylation sites is 1. The second-order valence-electron chi connectivity index (χ2n) is 7.25. The standard InChI is InChI=1S/C22H23N3O3/c1-16-5-2-3-14-24(16)21-13-10-18-6-4-7-20(22(18)23-21)28-15-17-8-11-19(12-9-17)25(26)27/h4,6-13,16H,2-3,5,14-15H2,1H3. The van der Waals surface area contributed by atoms with E-state index in [1.54, 1.807) is 12.1 Å². The summed E-state index contributed by atoms with van der Waals surface area (Å²) in [5, 5.41) is 11.8. The van der Waals surface area contributed by atoms with Gasteiger partial charge in [0.05, 0.1) is 4.92 Å². The summed E-state index contributed by atoms with van der Waals surface area (Å²) in [6, 6.07) is 17.0. The maximum atomic E-state index is 10.8. The average Bonchev–Trinajstić information content (AvgIpc) is 2.72. The molecule has 3 aromatic rings. The van der Waals surface area contributed by atoms with E-state index in [1.807, 2.05) is 18.2 Å². The van der Waals surface area contributed by atoms with Gasteiger partial charge >= 0.3 is 0 Å². The normalized spacial score (nSPS) is 16.9. The summed E-state index contributed by atoms with van der Waals surface area (Å²) in [6.45, 7) is 3.62. The molecule has 1 aliphatic rings. The molecule has 6 nitrogen and oxygen atoms in total. The first kappa shape index (κ1) is 18.2. The lowest BCUT2D eigenvalue weighted by molar-refractivity contribution is -0.384. The number of rotatable bonds is 5. The lowest BCUT2D eigenvalue weighted by atomic mass is 10.0. The Labute approximate surface area is 163 Å². The lowest BCUT2D eigenvalue weighted by Gasteiger charge is -2.34. The number of nitrogens with zero attached hydrogens (tertiary/aromatic N) is 3. The van der Waals surface area contributed by atoms with Crippen molar-refractivity contribution in [1.29, 1.82) is 0 Å². The maximum absolute atomic E-state index is 10.8. The van der Waals surface area contributed by atoms with Crippen molar-refractivity contribution in [3.8, 4) is 5.75 Å². The monoisotopic (exact) mass is 377 g/mol. The van der Waals surface area contributed by atoms with Crippen LogP contribution in [0.3, 0.4) is 0 Å². The van der Waals surface area contributed by atoms with Gasteiger partial charge in [0, 0.05) is 30.1 Å². The Morgan fingerprint density at radius 3 is 2.71 bits per heavy atom. The summed E-state index contributed by atoms with van der Waals surface area (Å²) in [5.74, 6) is 1.72. The second kappa shape index (κ2) is 7.84. The molecule has 0 amide bonds. The molecule has 0 bridgehead atoms. The number of benzene rings is 2. The van der Waals surface area contributed by atoms with Gasteiger partial charge in [-0.3, -0.25) is 10.1 Å². The second-order valence-corrected chi connectivity index (χ2v) is 7.25. The van der Waals surface area contributed by atoms with Gasteiger partial charge in [0.25, 0.3) is 5.69 Å². The zero-order valence-electron chi connectivity index (χ0n) is 15.9. The summed E-state index contributed by atoms with van der Waals surface area (Å²) in [7, 11) is 0. The summed E-state index contributed by atoms with van der Waals surface area (Å²) in [6.07, 6.45) is 3.66. The summed E-state index contributed by atoms with van der Waals surface area (Å²) < 4.78 is 6.02. The minimum absolute atomic E-state index is 0.0795. The molecular weight excluding hydrogens is 354 g/mol. The van der Waals surface area contributed by atoms with E-state index in [0.717, 1.165) is 34.6 Å². The van der Waals surface area contributed by atoms with Crippen molar-refractivity contribution in [1.82, 2.24) is 4.98 Å². The molecule has 1 saturated heterocycles. The average molecular weight is 377 g/mol. The third-order valence-corrected chi connectivity index (χ3v) is 5.31. The van der Waals surface area contributed by atoms with E-state index in [2.05, 4.69) is 24.0 Å². The molecule has 0 aliphatic carbocycles. The molecule has 6 heteroatoms. The number of nitro groups is 1. The van der Waals surface area contributed by atoms with Crippen LogP contribution in [0.4, 0.5) is 11.5 Å². The van der Waals surface area contributed by atoms with Crippen molar-refractivity contribution >= 4 is 22.4 Å². The number of ether oxygens (including phenoxy) is 1. The van der Waals surface area contributed by atoms with Crippen molar-refractivity contribution in [2.45, 2.75) is 38.8 Å². The Morgan fingerprint density at radius 2 is 1.96 bits per heavy atom. The number of hydrogen-bond acceptors (Lipinski definition) is 5. The Hall–Kier alpha value is -3.15. The molecule has 1 unspecified atom stereocenters. The van der Waals surface area contributed by atoms with Crippen LogP contribution in [0.5, 0.6) is 5.75 Å². The highest BCUT2D eigenvalue weighted by atomic mass is 16.6. The zero-order valence-corrected chi connectivity index (χ0v) is 15.9. The van der Waals surface area contributed by atoms with E-state index in [1.165, 1.54) is 31.4 Å². The van der Waals surface area contributed by atoms with Gasteiger partial charge in [0.15, 0.2) is 0 Å². The first-order chi connectivity index (χ1) is 13.6. The van der Waals surface area contributed by atoms with E-state index < -0.39 is 4.92 Å². The van der Waals surface area contributed by atoms with Crippen LogP contribution in [0.1, 0.15) is 31.7 Å². The topological polar surface area (TPSA) is 68.5 Å². The molecular formula is C22H23N3O3. The van der Waals surface area contributed by atoms with Gasteiger partial charge in [-0.15, -0.1) is 0 Å². The Morgan fingerprint density at radius 1 is 1.14 bits per heavy atom. The Kier molecular flexibility index (Phi) is 5.10. The van der Waals surface area contributed by atoms with Crippen molar-refractivity contribution < 1.29 is 9.66 Å². The smallest absolute Gasteiger partial charge is 0.269 e. The fraction of sp³-hybridized carbons (Fsp3) is 0.318. The number of hydrogen-bond donors (Lipinski definition) is 0. The maximum Gasteiger partial charge on any atom is 0.269 e. The minimum atomic E-state index is -0.400. The highest BCUT2D eigenvalue weighted by molar-refractivity contribution is 5.86. The number of non-ortho nitro benzene ring substituents is 1. The number of pyridine rings is 1. The number of anilines is 1. The molecule has 1 aromatic heterocycles. The van der Waals surface area contributed by atoms with Gasteiger partial charge in [-0.2, -0.15) is 0 Å². The van der Waals surface area contributed by atoms with Crippen LogP contribution >= 0.6 is 0 Å². The SMILES string of the molecule is CC1CCCCN1c1ccc2cccc(OCc3ccc([N+](=O)[O-])cc3)c2n1. The third kappa shape index (κ3) is 3.76. The molecule has 28 heavy (non-hydrogen) atoms. The molecule has 0 N–H and O–H groups in total. The van der Waals surface area contributed by atoms with Gasteiger partial charge in [0.2, 0.25) is 0 Å². The van der Waals surface area contributed by atoms with E-state index >= 15 is 0 Å². The summed E-state index contributed by atoms with van der Waals surface area (Å²) >= 11 is 0. The van der Waals surface area contributed by atoms with Crippen LogP contribution in [-0.2, 0) is 6.61 Å². The number of nitro benzene ring substituents is 1. The van der Waals surface area contributed by atoms with E-state index in [-0.39, 0.29) is 5.69 Å². The molecule has 1 fully saturated rings. The molecule has 2 heterocycles. The Balaban J connectivity index is 1.57. The van der Waals surface area contributed by atoms with Crippen LogP contribution < -0.4 is 9.64 Å². The van der Waals surface area contributed by atoms with Crippen LogP contribution in [0.2, 0.25) is 0 Å². The van der Waals surface area contributed by atoms with Crippen LogP contribution in [0, 0.1) is 10.1 Å². The minimum Gasteiger partial charge on any atom is -0.487 e. The zero-order chi connectivity index (χ0) is 19.5. The summed E-state index contributed by atoms with van der Waals surface area (Å²) in [4.78, 5) is 17.7. The van der Waals surface area contributed by atoms with Gasteiger partial charge in [-0.25, -0.2) is 4.98 Å². The Bertz CT molecular complexity index is 988. The molecule has 0 saturated carbocycles. The fourth-order valence-electron chi connectivity index (χ4n) is 3.70. The fourth-order valence-corrected chi connectivity index (χ4v) is 3.70. The quantitative estimate of drug-likeness (QED) is 0.457. The van der Waals surface area contributed by atoms with E-state index in [0.29, 0.717) is 12.6 Å². The van der Waals surface area contributed by atoms with Crippen molar-refractivity contribution in [2.75, 3.05) is 11.4 Å². The van der Waals surface area contributed by atoms with Gasteiger partial charge in [-0.05, 0) is 62.1 Å². The molecule has 0 spiro atoms. The van der Waals surface area contributed by atoms with Gasteiger partial charge in [0.1, 0.15) is 23.7 Å². The predicted octanol–water partition coefficient (Wildman–Crippen LogP) is 5.10. The molecule has 144 valence electrons. The number of fused-ring (bicyclic) bond motifs is 1. The molecule has 2 aromatic carbocycles. The molecule has 1 atom stereocenters. The third-order valence-electron chi connectivity index (χ3n) is 5.31. The van der Waals surface area contributed by atoms with Crippen molar-refractivity contribution in [3.63, 3.8) is 0 Å². The largest absolute Gasteiger partial charge is 0.487 e. The molecule has 1 aliphatic heterocycles. The van der Waals surface area contributed by atoms with Crippen molar-refractivity contribution in [2.24, 2.45) is 0 Å². The van der Waals surface area contributed by atoms with Crippen LogP contribution in [-0.4, -0.2) is 22.5 Å². The lowest BCUT2D eigenvalue weighted by Crippen LogP contribution is -2.37. The van der Waals surface area contributed by atoms with Crippen molar-refractivity contribution in [3.05, 3.63) is 70.3 Å². The first-order valence-electron chi connectivity index (χ1n) is 9.64. The van der Waals surface area contributed by atoms with Gasteiger partial charge < -0.3 is 9.64 Å². The van der Waals surface area contributed by atoms with Crippen LogP contribution in [0.25, 0.3) is 10.9 Å². The molecule has 0 radical (unpaired) electrons. The molecule has 4 rings (SSSR count).